The molecular formula is C18H29NO5. The van der Waals surface area contributed by atoms with Crippen LogP contribution in [0.4, 0.5) is 4.79 Å². The minimum atomic E-state index is -0.547. The molecule has 0 aromatic heterocycles. The molecule has 0 radical (unpaired) electrons. The quantitative estimate of drug-likeness (QED) is 0.761. The molecule has 6 nitrogen and oxygen atoms in total. The highest BCUT2D eigenvalue weighted by Gasteiger charge is 2.20. The van der Waals surface area contributed by atoms with Crippen LogP contribution in [-0.2, 0) is 11.2 Å². The summed E-state index contributed by atoms with van der Waals surface area (Å²) in [6.07, 6.45) is 1.42. The van der Waals surface area contributed by atoms with Gasteiger partial charge in [0.25, 0.3) is 0 Å². The lowest BCUT2D eigenvalue weighted by Gasteiger charge is -2.24. The molecule has 0 spiro atoms. The van der Waals surface area contributed by atoms with Gasteiger partial charge in [-0.25, -0.2) is 4.79 Å². The van der Waals surface area contributed by atoms with Gasteiger partial charge < -0.3 is 24.6 Å². The summed E-state index contributed by atoms with van der Waals surface area (Å²) in [5.74, 6) is 1.31. The summed E-state index contributed by atoms with van der Waals surface area (Å²) in [5, 5.41) is 12.0. The molecular weight excluding hydrogens is 310 g/mol. The highest BCUT2D eigenvalue weighted by molar-refractivity contribution is 5.68. The van der Waals surface area contributed by atoms with E-state index in [1.807, 2.05) is 39.0 Å². The third-order valence-electron chi connectivity index (χ3n) is 3.36. The number of carbonyl (C=O) groups is 1. The van der Waals surface area contributed by atoms with Gasteiger partial charge in [-0.1, -0.05) is 6.07 Å². The fourth-order valence-electron chi connectivity index (χ4n) is 2.33. The number of alkyl carbamates (subject to hydrolysis) is 1. The van der Waals surface area contributed by atoms with Crippen molar-refractivity contribution in [3.8, 4) is 11.5 Å². The maximum Gasteiger partial charge on any atom is 0.407 e. The number of nitrogens with one attached hydrogen (secondary N) is 1. The number of benzene rings is 1. The maximum absolute atomic E-state index is 12.0. The van der Waals surface area contributed by atoms with Gasteiger partial charge in [0.05, 0.1) is 14.2 Å². The Kier molecular flexibility index (Phi) is 7.85. The number of aliphatic hydroxyl groups is 1. The van der Waals surface area contributed by atoms with Crippen LogP contribution in [0.15, 0.2) is 18.2 Å². The van der Waals surface area contributed by atoms with E-state index in [4.69, 9.17) is 19.3 Å². The van der Waals surface area contributed by atoms with Crippen LogP contribution >= 0.6 is 0 Å². The molecule has 6 heteroatoms. The van der Waals surface area contributed by atoms with Crippen molar-refractivity contribution in [1.82, 2.24) is 5.32 Å². The molecule has 0 fully saturated rings. The predicted octanol–water partition coefficient (Wildman–Crippen LogP) is 2.91. The van der Waals surface area contributed by atoms with Gasteiger partial charge in [-0.05, 0) is 57.7 Å². The third kappa shape index (κ3) is 7.08. The van der Waals surface area contributed by atoms with E-state index >= 15 is 0 Å². The smallest absolute Gasteiger partial charge is 0.407 e. The van der Waals surface area contributed by atoms with E-state index in [1.165, 1.54) is 0 Å². The van der Waals surface area contributed by atoms with Gasteiger partial charge in [0.1, 0.15) is 5.60 Å². The molecule has 0 aliphatic rings. The van der Waals surface area contributed by atoms with Crippen LogP contribution in [0.2, 0.25) is 0 Å². The Morgan fingerprint density at radius 1 is 1.21 bits per heavy atom. The topological polar surface area (TPSA) is 77.0 Å². The molecule has 0 saturated carbocycles. The van der Waals surface area contributed by atoms with E-state index in [1.54, 1.807) is 14.2 Å². The van der Waals surface area contributed by atoms with Gasteiger partial charge in [0.2, 0.25) is 0 Å². The number of hydrogen-bond donors (Lipinski definition) is 2. The monoisotopic (exact) mass is 339 g/mol. The van der Waals surface area contributed by atoms with Crippen LogP contribution in [0.3, 0.4) is 0 Å². The molecule has 1 atom stereocenters. The van der Waals surface area contributed by atoms with E-state index in [0.29, 0.717) is 30.8 Å². The summed E-state index contributed by atoms with van der Waals surface area (Å²) in [6.45, 7) is 5.55. The zero-order valence-corrected chi connectivity index (χ0v) is 15.2. The van der Waals surface area contributed by atoms with Gasteiger partial charge in [-0.15, -0.1) is 0 Å². The molecule has 0 aliphatic carbocycles. The second kappa shape index (κ2) is 9.37. The largest absolute Gasteiger partial charge is 0.493 e. The summed E-state index contributed by atoms with van der Waals surface area (Å²) in [6, 6.07) is 5.53. The summed E-state index contributed by atoms with van der Waals surface area (Å²) < 4.78 is 15.9. The van der Waals surface area contributed by atoms with Crippen molar-refractivity contribution in [1.29, 1.82) is 0 Å². The van der Waals surface area contributed by atoms with Gasteiger partial charge in [0.15, 0.2) is 11.5 Å². The molecule has 24 heavy (non-hydrogen) atoms. The zero-order chi connectivity index (χ0) is 18.2. The molecule has 1 aromatic rings. The number of amides is 1. The molecule has 0 aliphatic heterocycles. The van der Waals surface area contributed by atoms with Crippen LogP contribution in [0.25, 0.3) is 0 Å². The standard InChI is InChI=1S/C18H29NO5/c1-18(2,3)24-17(21)19-14(7-6-10-20)11-13-8-9-15(22-4)16(12-13)23-5/h8-9,12,14,20H,6-7,10-11H2,1-5H3,(H,19,21). The normalized spacial score (nSPS) is 12.4. The number of hydrogen-bond acceptors (Lipinski definition) is 5. The average Bonchev–Trinajstić information content (AvgIpc) is 2.50. The van der Waals surface area contributed by atoms with Crippen LogP contribution in [-0.4, -0.2) is 43.7 Å². The van der Waals surface area contributed by atoms with Gasteiger partial charge in [0, 0.05) is 12.6 Å². The Hall–Kier alpha value is -1.95. The highest BCUT2D eigenvalue weighted by atomic mass is 16.6. The van der Waals surface area contributed by atoms with E-state index in [9.17, 15) is 4.79 Å². The van der Waals surface area contributed by atoms with Gasteiger partial charge >= 0.3 is 6.09 Å². The van der Waals surface area contributed by atoms with E-state index in [-0.39, 0.29) is 12.6 Å². The van der Waals surface area contributed by atoms with Crippen molar-refractivity contribution in [2.45, 2.75) is 51.7 Å². The molecule has 1 amide bonds. The third-order valence-corrected chi connectivity index (χ3v) is 3.36. The number of ether oxygens (including phenoxy) is 3. The van der Waals surface area contributed by atoms with Crippen molar-refractivity contribution in [2.24, 2.45) is 0 Å². The lowest BCUT2D eigenvalue weighted by Crippen LogP contribution is -2.40. The first-order chi connectivity index (χ1) is 11.3. The van der Waals surface area contributed by atoms with E-state index < -0.39 is 11.7 Å². The summed E-state index contributed by atoms with van der Waals surface area (Å²) in [7, 11) is 3.18. The summed E-state index contributed by atoms with van der Waals surface area (Å²) in [4.78, 5) is 12.0. The van der Waals surface area contributed by atoms with Crippen LogP contribution in [0.1, 0.15) is 39.2 Å². The SMILES string of the molecule is COc1ccc(CC(CCCO)NC(=O)OC(C)(C)C)cc1OC. The molecule has 1 rings (SSSR count). The lowest BCUT2D eigenvalue weighted by atomic mass is 10.0. The molecule has 0 heterocycles. The Labute approximate surface area is 144 Å². The van der Waals surface area contributed by atoms with Crippen molar-refractivity contribution >= 4 is 6.09 Å². The Balaban J connectivity index is 2.80. The van der Waals surface area contributed by atoms with Gasteiger partial charge in [-0.3, -0.25) is 0 Å². The average molecular weight is 339 g/mol. The van der Waals surface area contributed by atoms with Crippen LogP contribution in [0, 0.1) is 0 Å². The highest BCUT2D eigenvalue weighted by Crippen LogP contribution is 2.28. The minimum Gasteiger partial charge on any atom is -0.493 e. The second-order valence-electron chi connectivity index (χ2n) is 6.60. The summed E-state index contributed by atoms with van der Waals surface area (Å²) >= 11 is 0. The first-order valence-electron chi connectivity index (χ1n) is 8.10. The fraction of sp³-hybridized carbons (Fsp3) is 0.611. The number of methoxy groups -OCH3 is 2. The minimum absolute atomic E-state index is 0.0818. The second-order valence-corrected chi connectivity index (χ2v) is 6.60. The van der Waals surface area contributed by atoms with Crippen molar-refractivity contribution < 1.29 is 24.1 Å². The molecule has 1 aromatic carbocycles. The Bertz CT molecular complexity index is 525. The van der Waals surface area contributed by atoms with E-state index in [0.717, 1.165) is 5.56 Å². The van der Waals surface area contributed by atoms with E-state index in [2.05, 4.69) is 5.32 Å². The van der Waals surface area contributed by atoms with Gasteiger partial charge in [-0.2, -0.15) is 0 Å². The Morgan fingerprint density at radius 3 is 2.42 bits per heavy atom. The molecule has 2 N–H and O–H groups in total. The predicted molar refractivity (Wildman–Crippen MR) is 92.7 cm³/mol. The number of rotatable bonds is 8. The first-order valence-corrected chi connectivity index (χ1v) is 8.10. The lowest BCUT2D eigenvalue weighted by molar-refractivity contribution is 0.0499. The first kappa shape index (κ1) is 20.1. The molecule has 136 valence electrons. The zero-order valence-electron chi connectivity index (χ0n) is 15.2. The summed E-state index contributed by atoms with van der Waals surface area (Å²) in [5.41, 5.74) is 0.459. The molecule has 0 saturated heterocycles. The fourth-order valence-corrected chi connectivity index (χ4v) is 2.33. The van der Waals surface area contributed by atoms with Crippen LogP contribution in [0.5, 0.6) is 11.5 Å². The Morgan fingerprint density at radius 2 is 1.88 bits per heavy atom. The number of aliphatic hydroxyl groups excluding tert-OH is 1. The van der Waals surface area contributed by atoms with Crippen LogP contribution < -0.4 is 14.8 Å². The van der Waals surface area contributed by atoms with Crippen molar-refractivity contribution in [2.75, 3.05) is 20.8 Å². The number of carbonyl (C=O) groups excluding carboxylic acids is 1. The van der Waals surface area contributed by atoms with Crippen molar-refractivity contribution in [3.63, 3.8) is 0 Å². The molecule has 0 bridgehead atoms. The molecule has 1 unspecified atom stereocenters. The maximum atomic E-state index is 12.0. The van der Waals surface area contributed by atoms with Crippen molar-refractivity contribution in [3.05, 3.63) is 23.8 Å².